The molecule has 1 heterocycles. The molecule has 0 amide bonds. The first-order chi connectivity index (χ1) is 11.4. The zero-order valence-corrected chi connectivity index (χ0v) is 15.4. The van der Waals surface area contributed by atoms with Crippen molar-refractivity contribution >= 4 is 27.3 Å². The maximum atomic E-state index is 11.2. The number of H-pyrrole nitrogens is 1. The third-order valence-corrected chi connectivity index (χ3v) is 4.61. The van der Waals surface area contributed by atoms with Crippen molar-refractivity contribution in [1.82, 2.24) is 14.6 Å². The summed E-state index contributed by atoms with van der Waals surface area (Å²) in [5, 5.41) is 1.13. The summed E-state index contributed by atoms with van der Waals surface area (Å²) in [5.74, 6) is 0. The lowest BCUT2D eigenvalue weighted by Gasteiger charge is -2.13. The van der Waals surface area contributed by atoms with E-state index in [1.165, 1.54) is 11.8 Å². The number of nitrogens with zero attached hydrogens (tertiary/aromatic N) is 2. The van der Waals surface area contributed by atoms with Crippen molar-refractivity contribution in [1.29, 1.82) is 0 Å². The Hall–Kier alpha value is -1.86. The molecule has 2 N–H and O–H groups in total. The Bertz CT molecular complexity index is 792. The van der Waals surface area contributed by atoms with Gasteiger partial charge in [0.2, 0.25) is 10.0 Å². The van der Waals surface area contributed by atoms with E-state index in [0.717, 1.165) is 42.5 Å². The van der Waals surface area contributed by atoms with Crippen LogP contribution in [0, 0.1) is 0 Å². The van der Waals surface area contributed by atoms with E-state index in [-0.39, 0.29) is 0 Å². The minimum Gasteiger partial charge on any atom is -0.364 e. The van der Waals surface area contributed by atoms with Crippen LogP contribution in [0.15, 0.2) is 29.4 Å². The summed E-state index contributed by atoms with van der Waals surface area (Å²) in [7, 11) is -3.18. The Kier molecular flexibility index (Phi) is 6.39. The van der Waals surface area contributed by atoms with Crippen molar-refractivity contribution in [2.75, 3.05) is 25.9 Å². The Balaban J connectivity index is 2.05. The number of hydrogen-bond acceptors (Lipinski definition) is 3. The summed E-state index contributed by atoms with van der Waals surface area (Å²) < 4.78 is 25.0. The molecule has 0 atom stereocenters. The molecule has 0 saturated heterocycles. The Morgan fingerprint density at radius 1 is 1.29 bits per heavy atom. The van der Waals surface area contributed by atoms with E-state index in [1.807, 2.05) is 30.7 Å². The van der Waals surface area contributed by atoms with Gasteiger partial charge in [-0.15, -0.1) is 0 Å². The van der Waals surface area contributed by atoms with E-state index in [4.69, 9.17) is 0 Å². The topological polar surface area (TPSA) is 77.6 Å². The second-order valence-electron chi connectivity index (χ2n) is 5.78. The van der Waals surface area contributed by atoms with Crippen LogP contribution in [0.3, 0.4) is 0 Å². The van der Waals surface area contributed by atoms with E-state index in [9.17, 15) is 8.42 Å². The van der Waals surface area contributed by atoms with Crippen LogP contribution in [0.2, 0.25) is 0 Å². The van der Waals surface area contributed by atoms with Crippen LogP contribution in [-0.4, -0.2) is 50.5 Å². The van der Waals surface area contributed by atoms with Crippen LogP contribution in [0.25, 0.3) is 10.9 Å². The summed E-state index contributed by atoms with van der Waals surface area (Å²) in [6, 6.07) is 5.95. The van der Waals surface area contributed by atoms with Crippen LogP contribution >= 0.6 is 0 Å². The first-order valence-electron chi connectivity index (χ1n) is 8.20. The summed E-state index contributed by atoms with van der Waals surface area (Å²) >= 11 is 0. The molecule has 0 aliphatic rings. The zero-order valence-electron chi connectivity index (χ0n) is 14.5. The maximum Gasteiger partial charge on any atom is 0.209 e. The van der Waals surface area contributed by atoms with E-state index in [1.54, 1.807) is 0 Å². The van der Waals surface area contributed by atoms with Crippen LogP contribution in [0.5, 0.6) is 0 Å². The lowest BCUT2D eigenvalue weighted by molar-refractivity contribution is 0.478. The lowest BCUT2D eigenvalue weighted by Crippen LogP contribution is -2.21. The number of rotatable bonds is 9. The maximum absolute atomic E-state index is 11.2. The summed E-state index contributed by atoms with van der Waals surface area (Å²) in [6.45, 7) is 7.19. The summed E-state index contributed by atoms with van der Waals surface area (Å²) in [4.78, 5) is 9.90. The van der Waals surface area contributed by atoms with Gasteiger partial charge in [-0.1, -0.05) is 6.07 Å². The molecule has 24 heavy (non-hydrogen) atoms. The van der Waals surface area contributed by atoms with Gasteiger partial charge in [-0.2, -0.15) is 0 Å². The second kappa shape index (κ2) is 8.30. The van der Waals surface area contributed by atoms with Crippen LogP contribution < -0.4 is 4.72 Å². The Morgan fingerprint density at radius 2 is 2.04 bits per heavy atom. The van der Waals surface area contributed by atoms with E-state index in [2.05, 4.69) is 33.4 Å². The summed E-state index contributed by atoms with van der Waals surface area (Å²) in [5.41, 5.74) is 3.20. The van der Waals surface area contributed by atoms with E-state index in [0.29, 0.717) is 6.54 Å². The van der Waals surface area contributed by atoms with E-state index < -0.39 is 10.0 Å². The van der Waals surface area contributed by atoms with Gasteiger partial charge in [0.15, 0.2) is 0 Å². The molecule has 0 radical (unpaired) electrons. The van der Waals surface area contributed by atoms with Gasteiger partial charge >= 0.3 is 0 Å². The number of benzene rings is 1. The first-order valence-corrected chi connectivity index (χ1v) is 10.1. The molecule has 1 aromatic carbocycles. The molecule has 1 aromatic heterocycles. The van der Waals surface area contributed by atoms with Crippen LogP contribution in [-0.2, 0) is 23.0 Å². The molecule has 0 spiro atoms. The first kappa shape index (κ1) is 18.5. The predicted octanol–water partition coefficient (Wildman–Crippen LogP) is 2.13. The average Bonchev–Trinajstić information content (AvgIpc) is 2.95. The summed E-state index contributed by atoms with van der Waals surface area (Å²) in [6.07, 6.45) is 5.93. The molecule has 6 nitrogen and oxygen atoms in total. The fraction of sp³-hybridized carbons (Fsp3) is 0.471. The van der Waals surface area contributed by atoms with Crippen LogP contribution in [0.1, 0.15) is 25.0 Å². The molecule has 7 heteroatoms. The fourth-order valence-corrected chi connectivity index (χ4v) is 2.93. The Morgan fingerprint density at radius 3 is 2.71 bits per heavy atom. The monoisotopic (exact) mass is 350 g/mol. The average molecular weight is 350 g/mol. The van der Waals surface area contributed by atoms with Gasteiger partial charge in [-0.05, 0) is 43.5 Å². The molecule has 0 bridgehead atoms. The van der Waals surface area contributed by atoms with Gasteiger partial charge in [-0.3, -0.25) is 4.99 Å². The van der Waals surface area contributed by atoms with E-state index >= 15 is 0 Å². The number of aromatic amines is 1. The van der Waals surface area contributed by atoms with Gasteiger partial charge in [0.1, 0.15) is 0 Å². The largest absolute Gasteiger partial charge is 0.364 e. The third kappa shape index (κ3) is 5.35. The van der Waals surface area contributed by atoms with Crippen molar-refractivity contribution in [2.24, 2.45) is 4.99 Å². The fourth-order valence-electron chi connectivity index (χ4n) is 2.50. The van der Waals surface area contributed by atoms with Crippen molar-refractivity contribution in [3.63, 3.8) is 0 Å². The number of aliphatic imine (C=N–C) groups is 1. The molecular formula is C17H26N4O2S. The number of sulfonamides is 1. The second-order valence-corrected chi connectivity index (χ2v) is 7.61. The standard InChI is InChI=1S/C17H26N4O2S/c1-4-21(5-2)13-18-9-8-15-12-19-17-7-6-14(10-16(15)17)11-20-24(3,22)23/h6-7,10,12-13,19-20H,4-5,8-9,11H2,1-3H3. The molecule has 0 unspecified atom stereocenters. The van der Waals surface area contributed by atoms with Gasteiger partial charge in [-0.25, -0.2) is 13.1 Å². The van der Waals surface area contributed by atoms with Crippen molar-refractivity contribution in [2.45, 2.75) is 26.8 Å². The van der Waals surface area contributed by atoms with Gasteiger partial charge in [0, 0.05) is 43.3 Å². The zero-order chi connectivity index (χ0) is 17.6. The predicted molar refractivity (Wildman–Crippen MR) is 100.0 cm³/mol. The SMILES string of the molecule is CCN(C=NCCc1c[nH]c2ccc(CNS(C)(=O)=O)cc12)CC. The lowest BCUT2D eigenvalue weighted by atomic mass is 10.1. The molecule has 132 valence electrons. The number of fused-ring (bicyclic) bond motifs is 1. The molecule has 2 rings (SSSR count). The highest BCUT2D eigenvalue weighted by atomic mass is 32.2. The highest BCUT2D eigenvalue weighted by Gasteiger charge is 2.06. The third-order valence-electron chi connectivity index (χ3n) is 3.94. The Labute approximate surface area is 144 Å². The molecule has 0 aliphatic carbocycles. The van der Waals surface area contributed by atoms with Crippen molar-refractivity contribution < 1.29 is 8.42 Å². The minimum absolute atomic E-state index is 0.305. The van der Waals surface area contributed by atoms with Crippen LogP contribution in [0.4, 0.5) is 0 Å². The number of hydrogen-bond donors (Lipinski definition) is 2. The van der Waals surface area contributed by atoms with Crippen molar-refractivity contribution in [3.8, 4) is 0 Å². The minimum atomic E-state index is -3.18. The highest BCUT2D eigenvalue weighted by Crippen LogP contribution is 2.20. The van der Waals surface area contributed by atoms with Gasteiger partial charge < -0.3 is 9.88 Å². The normalized spacial score (nSPS) is 12.3. The number of aromatic nitrogens is 1. The quantitative estimate of drug-likeness (QED) is 0.537. The van der Waals surface area contributed by atoms with Crippen molar-refractivity contribution in [3.05, 3.63) is 35.5 Å². The highest BCUT2D eigenvalue weighted by molar-refractivity contribution is 7.88. The molecule has 0 aliphatic heterocycles. The molecule has 0 saturated carbocycles. The van der Waals surface area contributed by atoms with Gasteiger partial charge in [0.05, 0.1) is 12.6 Å². The smallest absolute Gasteiger partial charge is 0.209 e. The molecule has 2 aromatic rings. The molecule has 0 fully saturated rings. The van der Waals surface area contributed by atoms with Gasteiger partial charge in [0.25, 0.3) is 0 Å². The number of nitrogens with one attached hydrogen (secondary N) is 2. The molecular weight excluding hydrogens is 324 g/mol.